The Labute approximate surface area is 108 Å². The van der Waals surface area contributed by atoms with Crippen LogP contribution in [0.25, 0.3) is 0 Å². The molecule has 1 aromatic carbocycles. The van der Waals surface area contributed by atoms with Gasteiger partial charge in [0.1, 0.15) is 0 Å². The zero-order valence-corrected chi connectivity index (χ0v) is 10.9. The van der Waals surface area contributed by atoms with Gasteiger partial charge in [-0.1, -0.05) is 37.1 Å². The lowest BCUT2D eigenvalue weighted by Crippen LogP contribution is -2.20. The molecule has 1 N–H and O–H groups in total. The summed E-state index contributed by atoms with van der Waals surface area (Å²) in [6.07, 6.45) is 5.72. The fourth-order valence-corrected chi connectivity index (χ4v) is 2.70. The van der Waals surface area contributed by atoms with Crippen LogP contribution < -0.4 is 0 Å². The number of hydrogen-bond donors (Lipinski definition) is 1. The van der Waals surface area contributed by atoms with Crippen molar-refractivity contribution in [1.82, 2.24) is 0 Å². The summed E-state index contributed by atoms with van der Waals surface area (Å²) in [5.41, 5.74) is 0.709. The average molecular weight is 245 g/mol. The first-order chi connectivity index (χ1) is 8.48. The van der Waals surface area contributed by atoms with Crippen LogP contribution in [0.5, 0.6) is 0 Å². The van der Waals surface area contributed by atoms with E-state index in [0.29, 0.717) is 0 Å². The van der Waals surface area contributed by atoms with E-state index in [1.807, 2.05) is 24.3 Å². The molecule has 0 saturated heterocycles. The van der Waals surface area contributed by atoms with Crippen molar-refractivity contribution in [3.05, 3.63) is 35.4 Å². The molecule has 1 saturated carbocycles. The summed E-state index contributed by atoms with van der Waals surface area (Å²) in [7, 11) is 0. The van der Waals surface area contributed by atoms with E-state index in [-0.39, 0.29) is 5.54 Å². The first-order valence-corrected chi connectivity index (χ1v) is 6.40. The van der Waals surface area contributed by atoms with Crippen molar-refractivity contribution in [2.45, 2.75) is 50.7 Å². The van der Waals surface area contributed by atoms with Gasteiger partial charge in [-0.3, -0.25) is 0 Å². The number of benzene rings is 1. The standard InChI is InChI=1S/C15H19NO2/c1-14(2,18)12-5-7-13(8-6-12)15(16-11-17)9-3-4-10-15/h5-8,18H,3-4,9-10H2,1-2H3. The minimum Gasteiger partial charge on any atom is -0.386 e. The summed E-state index contributed by atoms with van der Waals surface area (Å²) in [5, 5.41) is 9.93. The topological polar surface area (TPSA) is 49.7 Å². The monoisotopic (exact) mass is 245 g/mol. The first-order valence-electron chi connectivity index (χ1n) is 6.40. The second kappa shape index (κ2) is 4.68. The molecule has 3 nitrogen and oxygen atoms in total. The Balaban J connectivity index is 2.36. The highest BCUT2D eigenvalue weighted by molar-refractivity contribution is 5.39. The van der Waals surface area contributed by atoms with Crippen LogP contribution in [0.1, 0.15) is 50.7 Å². The number of rotatable bonds is 3. The summed E-state index contributed by atoms with van der Waals surface area (Å²) in [6.45, 7) is 3.52. The highest BCUT2D eigenvalue weighted by Crippen LogP contribution is 2.42. The number of hydrogen-bond acceptors (Lipinski definition) is 3. The number of isocyanates is 1. The van der Waals surface area contributed by atoms with Crippen LogP contribution in [0.4, 0.5) is 0 Å². The van der Waals surface area contributed by atoms with Crippen LogP contribution in [0.3, 0.4) is 0 Å². The molecule has 0 aliphatic heterocycles. The fraction of sp³-hybridized carbons (Fsp3) is 0.533. The lowest BCUT2D eigenvalue weighted by Gasteiger charge is -2.24. The predicted molar refractivity (Wildman–Crippen MR) is 70.0 cm³/mol. The molecule has 0 spiro atoms. The lowest BCUT2D eigenvalue weighted by atomic mass is 9.87. The lowest BCUT2D eigenvalue weighted by molar-refractivity contribution is 0.0785. The largest absolute Gasteiger partial charge is 0.386 e. The van der Waals surface area contributed by atoms with Gasteiger partial charge < -0.3 is 5.11 Å². The fourth-order valence-electron chi connectivity index (χ4n) is 2.70. The summed E-state index contributed by atoms with van der Waals surface area (Å²) in [4.78, 5) is 14.7. The molecule has 0 bridgehead atoms. The minimum absolute atomic E-state index is 0.375. The van der Waals surface area contributed by atoms with Gasteiger partial charge in [-0.05, 0) is 37.8 Å². The molecule has 1 aromatic rings. The van der Waals surface area contributed by atoms with Gasteiger partial charge in [0.2, 0.25) is 6.08 Å². The van der Waals surface area contributed by atoms with E-state index in [2.05, 4.69) is 4.99 Å². The molecular formula is C15H19NO2. The van der Waals surface area contributed by atoms with E-state index in [0.717, 1.165) is 36.8 Å². The summed E-state index contributed by atoms with van der Waals surface area (Å²) in [6, 6.07) is 7.77. The third-order valence-electron chi connectivity index (χ3n) is 3.82. The molecule has 1 aliphatic rings. The van der Waals surface area contributed by atoms with Gasteiger partial charge in [-0.25, -0.2) is 4.79 Å². The Morgan fingerprint density at radius 1 is 1.22 bits per heavy atom. The van der Waals surface area contributed by atoms with E-state index < -0.39 is 5.60 Å². The molecule has 0 heterocycles. The zero-order valence-electron chi connectivity index (χ0n) is 10.9. The second-order valence-electron chi connectivity index (χ2n) is 5.58. The third-order valence-corrected chi connectivity index (χ3v) is 3.82. The van der Waals surface area contributed by atoms with Gasteiger partial charge in [0, 0.05) is 0 Å². The van der Waals surface area contributed by atoms with Gasteiger partial charge in [-0.15, -0.1) is 0 Å². The number of aliphatic hydroxyl groups is 1. The van der Waals surface area contributed by atoms with E-state index in [1.54, 1.807) is 19.9 Å². The Morgan fingerprint density at radius 3 is 2.22 bits per heavy atom. The molecule has 0 unspecified atom stereocenters. The first kappa shape index (κ1) is 13.0. The number of nitrogens with zero attached hydrogens (tertiary/aromatic N) is 1. The quantitative estimate of drug-likeness (QED) is 0.657. The van der Waals surface area contributed by atoms with E-state index in [9.17, 15) is 9.90 Å². The SMILES string of the molecule is CC(C)(O)c1ccc(C2(N=C=O)CCCC2)cc1. The second-order valence-corrected chi connectivity index (χ2v) is 5.58. The molecule has 0 amide bonds. The summed E-state index contributed by atoms with van der Waals surface area (Å²) < 4.78 is 0. The third kappa shape index (κ3) is 2.38. The minimum atomic E-state index is -0.838. The maximum atomic E-state index is 10.6. The van der Waals surface area contributed by atoms with Crippen LogP contribution in [0, 0.1) is 0 Å². The molecule has 2 rings (SSSR count). The smallest absolute Gasteiger partial charge is 0.235 e. The van der Waals surface area contributed by atoms with Crippen molar-refractivity contribution in [3.8, 4) is 0 Å². The highest BCUT2D eigenvalue weighted by atomic mass is 16.3. The van der Waals surface area contributed by atoms with E-state index in [4.69, 9.17) is 0 Å². The molecule has 0 radical (unpaired) electrons. The molecule has 0 aromatic heterocycles. The van der Waals surface area contributed by atoms with Gasteiger partial charge in [0.15, 0.2) is 0 Å². The normalized spacial score (nSPS) is 18.4. The average Bonchev–Trinajstić information content (AvgIpc) is 2.78. The summed E-state index contributed by atoms with van der Waals surface area (Å²) in [5.74, 6) is 0. The van der Waals surface area contributed by atoms with Crippen molar-refractivity contribution >= 4 is 6.08 Å². The van der Waals surface area contributed by atoms with Gasteiger partial charge in [0.25, 0.3) is 0 Å². The predicted octanol–water partition coefficient (Wildman–Crippen LogP) is 3.02. The van der Waals surface area contributed by atoms with Crippen LogP contribution in [-0.2, 0) is 15.9 Å². The van der Waals surface area contributed by atoms with Gasteiger partial charge in [0.05, 0.1) is 11.1 Å². The van der Waals surface area contributed by atoms with Crippen LogP contribution in [0.2, 0.25) is 0 Å². The highest BCUT2D eigenvalue weighted by Gasteiger charge is 2.35. The van der Waals surface area contributed by atoms with Gasteiger partial charge >= 0.3 is 0 Å². The van der Waals surface area contributed by atoms with Crippen LogP contribution >= 0.6 is 0 Å². The van der Waals surface area contributed by atoms with Crippen molar-refractivity contribution < 1.29 is 9.90 Å². The molecule has 96 valence electrons. The number of aliphatic imine (C=N–C) groups is 1. The molecule has 3 heteroatoms. The maximum absolute atomic E-state index is 10.6. The zero-order chi connectivity index (χ0) is 13.2. The van der Waals surface area contributed by atoms with E-state index in [1.165, 1.54) is 0 Å². The van der Waals surface area contributed by atoms with Crippen LogP contribution in [0.15, 0.2) is 29.3 Å². The van der Waals surface area contributed by atoms with Crippen molar-refractivity contribution in [1.29, 1.82) is 0 Å². The van der Waals surface area contributed by atoms with Crippen molar-refractivity contribution in [2.75, 3.05) is 0 Å². The molecule has 18 heavy (non-hydrogen) atoms. The Kier molecular flexibility index (Phi) is 3.38. The van der Waals surface area contributed by atoms with Crippen molar-refractivity contribution in [2.24, 2.45) is 4.99 Å². The van der Waals surface area contributed by atoms with Gasteiger partial charge in [-0.2, -0.15) is 4.99 Å². The summed E-state index contributed by atoms with van der Waals surface area (Å²) >= 11 is 0. The molecule has 1 aliphatic carbocycles. The molecular weight excluding hydrogens is 226 g/mol. The Bertz CT molecular complexity index is 458. The van der Waals surface area contributed by atoms with E-state index >= 15 is 0 Å². The maximum Gasteiger partial charge on any atom is 0.235 e. The number of carbonyl (C=O) groups excluding carboxylic acids is 1. The Hall–Kier alpha value is -1.44. The Morgan fingerprint density at radius 2 is 1.78 bits per heavy atom. The van der Waals surface area contributed by atoms with Crippen LogP contribution in [-0.4, -0.2) is 11.2 Å². The molecule has 0 atom stereocenters. The van der Waals surface area contributed by atoms with Crippen molar-refractivity contribution in [3.63, 3.8) is 0 Å². The molecule has 1 fully saturated rings.